The Bertz CT molecular complexity index is 887. The average molecular weight is 324 g/mol. The lowest BCUT2D eigenvalue weighted by atomic mass is 10.1. The lowest BCUT2D eigenvalue weighted by Gasteiger charge is -2.09. The summed E-state index contributed by atoms with van der Waals surface area (Å²) in [7, 11) is 0. The second-order valence-corrected chi connectivity index (χ2v) is 5.63. The number of nitrogens with one attached hydrogen (secondary N) is 1. The number of nitrogens with zero attached hydrogens (tertiary/aromatic N) is 1. The van der Waals surface area contributed by atoms with Crippen molar-refractivity contribution in [3.8, 4) is 11.3 Å². The van der Waals surface area contributed by atoms with E-state index >= 15 is 0 Å². The monoisotopic (exact) mass is 324 g/mol. The van der Waals surface area contributed by atoms with Gasteiger partial charge in [0.15, 0.2) is 5.76 Å². The molecule has 1 heterocycles. The van der Waals surface area contributed by atoms with Crippen LogP contribution in [-0.2, 0) is 11.2 Å². The van der Waals surface area contributed by atoms with Gasteiger partial charge in [0.1, 0.15) is 5.82 Å². The Hall–Kier alpha value is -2.95. The van der Waals surface area contributed by atoms with Gasteiger partial charge in [-0.15, -0.1) is 0 Å². The molecule has 0 aliphatic heterocycles. The SMILES string of the molecule is Cc1cccc(NC(=O)Cc2cc(-c3ccccc3F)on2)c1C. The first-order valence-electron chi connectivity index (χ1n) is 7.61. The van der Waals surface area contributed by atoms with E-state index in [2.05, 4.69) is 10.5 Å². The molecule has 3 rings (SSSR count). The molecule has 2 aromatic carbocycles. The minimum atomic E-state index is -0.389. The van der Waals surface area contributed by atoms with Crippen LogP contribution in [0.3, 0.4) is 0 Å². The van der Waals surface area contributed by atoms with Crippen LogP contribution >= 0.6 is 0 Å². The van der Waals surface area contributed by atoms with Gasteiger partial charge in [-0.25, -0.2) is 4.39 Å². The van der Waals surface area contributed by atoms with Gasteiger partial charge in [-0.3, -0.25) is 4.79 Å². The molecule has 4 nitrogen and oxygen atoms in total. The second kappa shape index (κ2) is 6.66. The number of hydrogen-bond acceptors (Lipinski definition) is 3. The number of aryl methyl sites for hydroxylation is 1. The van der Waals surface area contributed by atoms with E-state index < -0.39 is 0 Å². The first-order chi connectivity index (χ1) is 11.5. The topological polar surface area (TPSA) is 55.1 Å². The molecular formula is C19H17FN2O2. The van der Waals surface area contributed by atoms with Gasteiger partial charge in [-0.2, -0.15) is 0 Å². The van der Waals surface area contributed by atoms with Gasteiger partial charge in [0.2, 0.25) is 5.91 Å². The van der Waals surface area contributed by atoms with Crippen molar-refractivity contribution in [3.63, 3.8) is 0 Å². The van der Waals surface area contributed by atoms with Crippen molar-refractivity contribution in [2.45, 2.75) is 20.3 Å². The van der Waals surface area contributed by atoms with Crippen LogP contribution in [-0.4, -0.2) is 11.1 Å². The van der Waals surface area contributed by atoms with E-state index in [0.29, 0.717) is 17.0 Å². The Morgan fingerprint density at radius 1 is 1.17 bits per heavy atom. The van der Waals surface area contributed by atoms with E-state index in [1.807, 2.05) is 32.0 Å². The highest BCUT2D eigenvalue weighted by Crippen LogP contribution is 2.24. The zero-order chi connectivity index (χ0) is 17.1. The number of aromatic nitrogens is 1. The average Bonchev–Trinajstić information content (AvgIpc) is 3.00. The maximum absolute atomic E-state index is 13.7. The molecule has 0 atom stereocenters. The number of anilines is 1. The molecule has 0 aliphatic rings. The molecule has 0 bridgehead atoms. The molecule has 24 heavy (non-hydrogen) atoms. The maximum atomic E-state index is 13.7. The van der Waals surface area contributed by atoms with Crippen molar-refractivity contribution in [1.29, 1.82) is 0 Å². The van der Waals surface area contributed by atoms with E-state index in [0.717, 1.165) is 16.8 Å². The highest BCUT2D eigenvalue weighted by molar-refractivity contribution is 5.93. The van der Waals surface area contributed by atoms with Crippen LogP contribution < -0.4 is 5.32 Å². The van der Waals surface area contributed by atoms with Crippen molar-refractivity contribution >= 4 is 11.6 Å². The molecule has 0 unspecified atom stereocenters. The summed E-state index contributed by atoms with van der Waals surface area (Å²) >= 11 is 0. The smallest absolute Gasteiger partial charge is 0.230 e. The van der Waals surface area contributed by atoms with Crippen LogP contribution in [0, 0.1) is 19.7 Å². The number of carbonyl (C=O) groups excluding carboxylic acids is 1. The number of carbonyl (C=O) groups is 1. The molecule has 0 radical (unpaired) electrons. The number of hydrogen-bond donors (Lipinski definition) is 1. The van der Waals surface area contributed by atoms with Gasteiger partial charge in [-0.05, 0) is 43.2 Å². The molecule has 0 fully saturated rings. The number of benzene rings is 2. The molecule has 3 aromatic rings. The van der Waals surface area contributed by atoms with Crippen LogP contribution in [0.2, 0.25) is 0 Å². The third-order valence-electron chi connectivity index (χ3n) is 3.92. The molecular weight excluding hydrogens is 307 g/mol. The van der Waals surface area contributed by atoms with E-state index in [1.54, 1.807) is 24.3 Å². The molecule has 0 aliphatic carbocycles. The zero-order valence-corrected chi connectivity index (χ0v) is 13.5. The van der Waals surface area contributed by atoms with E-state index in [-0.39, 0.29) is 18.1 Å². The van der Waals surface area contributed by atoms with Gasteiger partial charge in [-0.1, -0.05) is 29.4 Å². The first kappa shape index (κ1) is 15.9. The highest BCUT2D eigenvalue weighted by atomic mass is 19.1. The van der Waals surface area contributed by atoms with Gasteiger partial charge in [0.05, 0.1) is 17.7 Å². The standard InChI is InChI=1S/C19H17FN2O2/c1-12-6-5-9-17(13(12)2)21-19(23)11-14-10-18(24-22-14)15-7-3-4-8-16(15)20/h3-10H,11H2,1-2H3,(H,21,23). The predicted octanol–water partition coefficient (Wildman–Crippen LogP) is 4.28. The van der Waals surface area contributed by atoms with E-state index in [9.17, 15) is 9.18 Å². The largest absolute Gasteiger partial charge is 0.356 e. The molecule has 1 amide bonds. The zero-order valence-electron chi connectivity index (χ0n) is 13.5. The summed E-state index contributed by atoms with van der Waals surface area (Å²) in [6.45, 7) is 3.95. The Morgan fingerprint density at radius 3 is 2.75 bits per heavy atom. The lowest BCUT2D eigenvalue weighted by Crippen LogP contribution is -2.15. The number of rotatable bonds is 4. The van der Waals surface area contributed by atoms with Gasteiger partial charge < -0.3 is 9.84 Å². The van der Waals surface area contributed by atoms with Crippen LogP contribution in [0.15, 0.2) is 53.1 Å². The molecule has 122 valence electrons. The third-order valence-corrected chi connectivity index (χ3v) is 3.92. The highest BCUT2D eigenvalue weighted by Gasteiger charge is 2.14. The fourth-order valence-corrected chi connectivity index (χ4v) is 2.43. The van der Waals surface area contributed by atoms with Gasteiger partial charge in [0.25, 0.3) is 0 Å². The first-order valence-corrected chi connectivity index (χ1v) is 7.61. The second-order valence-electron chi connectivity index (χ2n) is 5.63. The van der Waals surface area contributed by atoms with Crippen molar-refractivity contribution < 1.29 is 13.7 Å². The minimum Gasteiger partial charge on any atom is -0.356 e. The summed E-state index contributed by atoms with van der Waals surface area (Å²) in [5.41, 5.74) is 3.69. The predicted molar refractivity (Wildman–Crippen MR) is 90.1 cm³/mol. The summed E-state index contributed by atoms with van der Waals surface area (Å²) in [4.78, 5) is 12.2. The number of halogens is 1. The normalized spacial score (nSPS) is 10.6. The molecule has 1 N–H and O–H groups in total. The Morgan fingerprint density at radius 2 is 1.96 bits per heavy atom. The lowest BCUT2D eigenvalue weighted by molar-refractivity contribution is -0.115. The summed E-state index contributed by atoms with van der Waals surface area (Å²) < 4.78 is 18.9. The Balaban J connectivity index is 1.72. The quantitative estimate of drug-likeness (QED) is 0.779. The van der Waals surface area contributed by atoms with Crippen molar-refractivity contribution in [2.24, 2.45) is 0 Å². The molecule has 0 saturated carbocycles. The van der Waals surface area contributed by atoms with Crippen LogP contribution in [0.1, 0.15) is 16.8 Å². The van der Waals surface area contributed by atoms with Crippen LogP contribution in [0.4, 0.5) is 10.1 Å². The van der Waals surface area contributed by atoms with Crippen molar-refractivity contribution in [1.82, 2.24) is 5.16 Å². The Labute approximate surface area is 139 Å². The number of amides is 1. The molecule has 0 saturated heterocycles. The van der Waals surface area contributed by atoms with Crippen LogP contribution in [0.5, 0.6) is 0 Å². The van der Waals surface area contributed by atoms with Crippen molar-refractivity contribution in [2.75, 3.05) is 5.32 Å². The van der Waals surface area contributed by atoms with Gasteiger partial charge in [0, 0.05) is 11.8 Å². The van der Waals surface area contributed by atoms with Crippen LogP contribution in [0.25, 0.3) is 11.3 Å². The van der Waals surface area contributed by atoms with Crippen molar-refractivity contribution in [3.05, 3.63) is 71.2 Å². The Kier molecular flexibility index (Phi) is 4.42. The summed E-state index contributed by atoms with van der Waals surface area (Å²) in [5.74, 6) is -0.278. The van der Waals surface area contributed by atoms with Gasteiger partial charge >= 0.3 is 0 Å². The minimum absolute atomic E-state index is 0.0608. The molecule has 1 aromatic heterocycles. The summed E-state index contributed by atoms with van der Waals surface area (Å²) in [6, 6.07) is 13.6. The van der Waals surface area contributed by atoms with E-state index in [4.69, 9.17) is 4.52 Å². The van der Waals surface area contributed by atoms with E-state index in [1.165, 1.54) is 6.07 Å². The summed E-state index contributed by atoms with van der Waals surface area (Å²) in [6.07, 6.45) is 0.0608. The third kappa shape index (κ3) is 3.35. The summed E-state index contributed by atoms with van der Waals surface area (Å²) in [5, 5.41) is 6.72. The fraction of sp³-hybridized carbons (Fsp3) is 0.158. The fourth-order valence-electron chi connectivity index (χ4n) is 2.43. The molecule has 5 heteroatoms. The molecule has 0 spiro atoms. The maximum Gasteiger partial charge on any atom is 0.230 e.